The number of halogens is 1. The molecule has 1 amide bonds. The molecule has 1 aromatic rings. The minimum Gasteiger partial charge on any atom is -0.309 e. The molecule has 84 valence electrons. The number of amides is 1. The smallest absolute Gasteiger partial charge is 0.242 e. The second-order valence-corrected chi connectivity index (χ2v) is 4.32. The molecule has 0 aliphatic carbocycles. The summed E-state index contributed by atoms with van der Waals surface area (Å²) in [6.45, 7) is 0.740. The zero-order valence-corrected chi connectivity index (χ0v) is 10.2. The van der Waals surface area contributed by atoms with Gasteiger partial charge in [-0.1, -0.05) is 18.2 Å². The molecule has 16 heavy (non-hydrogen) atoms. The summed E-state index contributed by atoms with van der Waals surface area (Å²) in [7, 11) is 0. The normalized spacial score (nSPS) is 19.4. The number of aromatic nitrogens is 1. The second kappa shape index (κ2) is 5.23. The molecular weight excluding hydrogens is 270 g/mol. The number of rotatable bonds is 2. The highest BCUT2D eigenvalue weighted by Gasteiger charge is 2.18. The van der Waals surface area contributed by atoms with Crippen LogP contribution in [0.4, 0.5) is 5.82 Å². The molecule has 4 nitrogen and oxygen atoms in total. The summed E-state index contributed by atoms with van der Waals surface area (Å²) in [5, 5.41) is 5.89. The minimum absolute atomic E-state index is 0.0463. The highest BCUT2D eigenvalue weighted by atomic mass is 79.9. The first-order valence-electron chi connectivity index (χ1n) is 5.07. The molecule has 2 N–H and O–H groups in total. The lowest BCUT2D eigenvalue weighted by Crippen LogP contribution is -2.42. The Morgan fingerprint density at radius 3 is 3.06 bits per heavy atom. The molecule has 0 fully saturated rings. The minimum atomic E-state index is -0.161. The van der Waals surface area contributed by atoms with Crippen molar-refractivity contribution in [3.8, 4) is 0 Å². The first-order valence-corrected chi connectivity index (χ1v) is 5.87. The quantitative estimate of drug-likeness (QED) is 0.641. The van der Waals surface area contributed by atoms with Crippen LogP contribution in [-0.2, 0) is 4.79 Å². The fourth-order valence-corrected chi connectivity index (χ4v) is 1.84. The van der Waals surface area contributed by atoms with Crippen LogP contribution in [0.15, 0.2) is 35.0 Å². The standard InChI is InChI=1S/C11H12BrN3O/c12-9-5-3-6-10(14-9)15-11(16)8-4-1-2-7-13-8/h1-3,5-6,8,13H,4,7H2,(H,14,15,16). The lowest BCUT2D eigenvalue weighted by Gasteiger charge is -2.18. The molecule has 1 unspecified atom stereocenters. The summed E-state index contributed by atoms with van der Waals surface area (Å²) in [4.78, 5) is 16.0. The maximum absolute atomic E-state index is 11.8. The average molecular weight is 282 g/mol. The fourth-order valence-electron chi connectivity index (χ4n) is 1.50. The maximum atomic E-state index is 11.8. The van der Waals surface area contributed by atoms with Crippen molar-refractivity contribution in [3.63, 3.8) is 0 Å². The van der Waals surface area contributed by atoms with E-state index < -0.39 is 0 Å². The van der Waals surface area contributed by atoms with E-state index >= 15 is 0 Å². The molecule has 0 radical (unpaired) electrons. The van der Waals surface area contributed by atoms with Gasteiger partial charge in [-0.2, -0.15) is 0 Å². The fraction of sp³-hybridized carbons (Fsp3) is 0.273. The molecule has 0 aromatic carbocycles. The van der Waals surface area contributed by atoms with Crippen molar-refractivity contribution in [1.82, 2.24) is 10.3 Å². The molecule has 2 heterocycles. The van der Waals surface area contributed by atoms with Crippen molar-refractivity contribution in [2.75, 3.05) is 11.9 Å². The summed E-state index contributed by atoms with van der Waals surface area (Å²) in [6.07, 6.45) is 4.75. The van der Waals surface area contributed by atoms with E-state index in [1.807, 2.05) is 24.3 Å². The zero-order chi connectivity index (χ0) is 11.4. The monoisotopic (exact) mass is 281 g/mol. The molecule has 2 rings (SSSR count). The van der Waals surface area contributed by atoms with Gasteiger partial charge in [0.1, 0.15) is 10.4 Å². The van der Waals surface area contributed by atoms with Crippen molar-refractivity contribution in [2.45, 2.75) is 12.5 Å². The van der Waals surface area contributed by atoms with Crippen molar-refractivity contribution in [2.24, 2.45) is 0 Å². The van der Waals surface area contributed by atoms with Gasteiger partial charge in [0.25, 0.3) is 0 Å². The number of anilines is 1. The highest BCUT2D eigenvalue weighted by molar-refractivity contribution is 9.10. The maximum Gasteiger partial charge on any atom is 0.242 e. The van der Waals surface area contributed by atoms with Crippen LogP contribution in [-0.4, -0.2) is 23.5 Å². The Balaban J connectivity index is 1.99. The van der Waals surface area contributed by atoms with Gasteiger partial charge in [-0.25, -0.2) is 4.98 Å². The molecule has 1 atom stereocenters. The third kappa shape index (κ3) is 2.90. The Morgan fingerprint density at radius 2 is 2.38 bits per heavy atom. The third-order valence-electron chi connectivity index (χ3n) is 2.30. The molecule has 0 spiro atoms. The molecular formula is C11H12BrN3O. The van der Waals surface area contributed by atoms with Crippen molar-refractivity contribution in [1.29, 1.82) is 0 Å². The van der Waals surface area contributed by atoms with E-state index in [0.717, 1.165) is 13.0 Å². The molecule has 0 saturated heterocycles. The topological polar surface area (TPSA) is 54.0 Å². The number of hydrogen-bond acceptors (Lipinski definition) is 3. The van der Waals surface area contributed by atoms with Crippen molar-refractivity contribution in [3.05, 3.63) is 35.0 Å². The summed E-state index contributed by atoms with van der Waals surface area (Å²) in [6, 6.07) is 5.25. The van der Waals surface area contributed by atoms with Gasteiger partial charge in [-0.05, 0) is 34.5 Å². The molecule has 5 heteroatoms. The number of hydrogen-bond donors (Lipinski definition) is 2. The molecule has 0 bridgehead atoms. The van der Waals surface area contributed by atoms with Gasteiger partial charge in [-0.15, -0.1) is 0 Å². The predicted molar refractivity (Wildman–Crippen MR) is 66.1 cm³/mol. The Kier molecular flexibility index (Phi) is 3.69. The summed E-state index contributed by atoms with van der Waals surface area (Å²) >= 11 is 3.26. The van der Waals surface area contributed by atoms with Crippen LogP contribution in [0.3, 0.4) is 0 Å². The van der Waals surface area contributed by atoms with Gasteiger partial charge in [-0.3, -0.25) is 4.79 Å². The van der Waals surface area contributed by atoms with Crippen molar-refractivity contribution < 1.29 is 4.79 Å². The first-order chi connectivity index (χ1) is 7.75. The van der Waals surface area contributed by atoms with Crippen LogP contribution in [0.25, 0.3) is 0 Å². The van der Waals surface area contributed by atoms with Crippen LogP contribution >= 0.6 is 15.9 Å². The van der Waals surface area contributed by atoms with E-state index in [4.69, 9.17) is 0 Å². The van der Waals surface area contributed by atoms with E-state index in [1.54, 1.807) is 6.07 Å². The lowest BCUT2D eigenvalue weighted by atomic mass is 10.1. The Morgan fingerprint density at radius 1 is 1.50 bits per heavy atom. The van der Waals surface area contributed by atoms with Gasteiger partial charge in [0.2, 0.25) is 5.91 Å². The Labute approximate surface area is 102 Å². The van der Waals surface area contributed by atoms with Crippen molar-refractivity contribution >= 4 is 27.7 Å². The van der Waals surface area contributed by atoms with E-state index in [0.29, 0.717) is 10.4 Å². The van der Waals surface area contributed by atoms with E-state index in [-0.39, 0.29) is 11.9 Å². The zero-order valence-electron chi connectivity index (χ0n) is 8.61. The lowest BCUT2D eigenvalue weighted by molar-refractivity contribution is -0.118. The molecule has 0 saturated carbocycles. The van der Waals surface area contributed by atoms with Gasteiger partial charge in [0, 0.05) is 6.54 Å². The van der Waals surface area contributed by atoms with Gasteiger partial charge in [0.05, 0.1) is 6.04 Å². The summed E-state index contributed by atoms with van der Waals surface area (Å²) < 4.78 is 0.710. The number of carbonyl (C=O) groups is 1. The Bertz CT molecular complexity index is 419. The molecule has 1 aliphatic heterocycles. The second-order valence-electron chi connectivity index (χ2n) is 3.50. The number of pyridine rings is 1. The van der Waals surface area contributed by atoms with E-state index in [2.05, 4.69) is 31.5 Å². The summed E-state index contributed by atoms with van der Waals surface area (Å²) in [5.74, 6) is 0.519. The first kappa shape index (κ1) is 11.3. The van der Waals surface area contributed by atoms with Crippen LogP contribution in [0.1, 0.15) is 6.42 Å². The van der Waals surface area contributed by atoms with Gasteiger partial charge in [0.15, 0.2) is 0 Å². The number of nitrogens with one attached hydrogen (secondary N) is 2. The van der Waals surface area contributed by atoms with Gasteiger partial charge < -0.3 is 10.6 Å². The Hall–Kier alpha value is -1.20. The van der Waals surface area contributed by atoms with E-state index in [1.165, 1.54) is 0 Å². The van der Waals surface area contributed by atoms with Crippen LogP contribution in [0.2, 0.25) is 0 Å². The number of nitrogens with zero attached hydrogens (tertiary/aromatic N) is 1. The largest absolute Gasteiger partial charge is 0.309 e. The average Bonchev–Trinajstić information content (AvgIpc) is 2.30. The highest BCUT2D eigenvalue weighted by Crippen LogP contribution is 2.11. The van der Waals surface area contributed by atoms with Crippen LogP contribution in [0.5, 0.6) is 0 Å². The molecule has 1 aliphatic rings. The number of carbonyl (C=O) groups excluding carboxylic acids is 1. The van der Waals surface area contributed by atoms with Gasteiger partial charge >= 0.3 is 0 Å². The van der Waals surface area contributed by atoms with Crippen LogP contribution in [0, 0.1) is 0 Å². The van der Waals surface area contributed by atoms with E-state index in [9.17, 15) is 4.79 Å². The van der Waals surface area contributed by atoms with Crippen LogP contribution < -0.4 is 10.6 Å². The third-order valence-corrected chi connectivity index (χ3v) is 2.75. The summed E-state index contributed by atoms with van der Waals surface area (Å²) in [5.41, 5.74) is 0. The SMILES string of the molecule is O=C(Nc1cccc(Br)n1)C1CC=CCN1. The molecule has 1 aromatic heterocycles. The predicted octanol–water partition coefficient (Wildman–Crippen LogP) is 1.70.